The molecule has 1 aromatic heterocycles. The van der Waals surface area contributed by atoms with E-state index < -0.39 is 22.0 Å². The topological polar surface area (TPSA) is 111 Å². The zero-order valence-electron chi connectivity index (χ0n) is 19.8. The molecule has 0 aliphatic carbocycles. The number of nitrogens with one attached hydrogen (secondary N) is 1. The predicted octanol–water partition coefficient (Wildman–Crippen LogP) is 3.48. The monoisotopic (exact) mass is 519 g/mol. The summed E-state index contributed by atoms with van der Waals surface area (Å²) in [4.78, 5) is 16.7. The molecule has 0 aliphatic rings. The summed E-state index contributed by atoms with van der Waals surface area (Å²) in [5.74, 6) is 0.114. The van der Waals surface area contributed by atoms with Crippen molar-refractivity contribution in [2.24, 2.45) is 0 Å². The number of benzene rings is 2. The van der Waals surface area contributed by atoms with Crippen LogP contribution in [0.15, 0.2) is 59.5 Å². The van der Waals surface area contributed by atoms with Crippen LogP contribution in [0.1, 0.15) is 42.4 Å². The zero-order valence-corrected chi connectivity index (χ0v) is 21.3. The van der Waals surface area contributed by atoms with Crippen LogP contribution in [0.2, 0.25) is 5.15 Å². The molecule has 2 N–H and O–H groups in total. The Hall–Kier alpha value is -2.72. The van der Waals surface area contributed by atoms with Crippen molar-refractivity contribution in [2.75, 3.05) is 7.11 Å². The molecule has 0 unspecified atom stereocenters. The van der Waals surface area contributed by atoms with Gasteiger partial charge >= 0.3 is 5.97 Å². The Balaban J connectivity index is 1.79. The van der Waals surface area contributed by atoms with Crippen molar-refractivity contribution >= 4 is 27.6 Å². The minimum Gasteiger partial charge on any atom is -0.468 e. The molecule has 0 saturated heterocycles. The molecule has 0 fully saturated rings. The number of hydrogen-bond acceptors (Lipinski definition) is 6. The highest BCUT2D eigenvalue weighted by molar-refractivity contribution is 7.89. The van der Waals surface area contributed by atoms with Crippen molar-refractivity contribution in [3.8, 4) is 0 Å². The standard InChI is InChI=1S/C25H30ClN3O5S/c1-3-4-10-23-27-24(26)22(17-30)29(23)16-19-11-13-20(14-12-19)35(32,33)28-21(25(31)34-2)15-18-8-6-5-7-9-18/h5-9,11-14,21,28,30H,3-4,10,15-17H2,1-2H3/t21-/m1/s1. The average Bonchev–Trinajstić information content (AvgIpc) is 3.16. The van der Waals surface area contributed by atoms with E-state index in [1.807, 2.05) is 34.9 Å². The van der Waals surface area contributed by atoms with E-state index in [-0.39, 0.29) is 23.1 Å². The lowest BCUT2D eigenvalue weighted by molar-refractivity contribution is -0.142. The summed E-state index contributed by atoms with van der Waals surface area (Å²) in [5.41, 5.74) is 2.15. The number of halogens is 1. The van der Waals surface area contributed by atoms with Crippen molar-refractivity contribution < 1.29 is 23.1 Å². The molecular formula is C25H30ClN3O5S. The first-order chi connectivity index (χ1) is 16.8. The van der Waals surface area contributed by atoms with Gasteiger partial charge in [-0.1, -0.05) is 67.4 Å². The molecule has 0 spiro atoms. The Morgan fingerprint density at radius 1 is 1.14 bits per heavy atom. The van der Waals surface area contributed by atoms with Gasteiger partial charge in [0, 0.05) is 13.0 Å². The van der Waals surface area contributed by atoms with Crippen LogP contribution < -0.4 is 4.72 Å². The van der Waals surface area contributed by atoms with Crippen LogP contribution in [-0.2, 0) is 45.5 Å². The minimum atomic E-state index is -3.98. The third-order valence-corrected chi connectivity index (χ3v) is 7.44. The van der Waals surface area contributed by atoms with Crippen LogP contribution in [0.4, 0.5) is 0 Å². The molecule has 2 aromatic carbocycles. The fourth-order valence-electron chi connectivity index (χ4n) is 3.75. The van der Waals surface area contributed by atoms with Gasteiger partial charge in [0.15, 0.2) is 5.15 Å². The van der Waals surface area contributed by atoms with Crippen LogP contribution in [0, 0.1) is 0 Å². The average molecular weight is 520 g/mol. The van der Waals surface area contributed by atoms with Gasteiger partial charge in [-0.3, -0.25) is 4.79 Å². The second kappa shape index (κ2) is 12.3. The lowest BCUT2D eigenvalue weighted by atomic mass is 10.1. The number of unbranched alkanes of at least 4 members (excludes halogenated alkanes) is 1. The maximum absolute atomic E-state index is 13.0. The highest BCUT2D eigenvalue weighted by atomic mass is 35.5. The number of sulfonamides is 1. The first-order valence-corrected chi connectivity index (χ1v) is 13.2. The number of aliphatic hydroxyl groups excluding tert-OH is 1. The lowest BCUT2D eigenvalue weighted by Crippen LogP contribution is -2.42. The number of imidazole rings is 1. The van der Waals surface area contributed by atoms with Crippen LogP contribution in [0.25, 0.3) is 0 Å². The van der Waals surface area contributed by atoms with Gasteiger partial charge in [0.25, 0.3) is 0 Å². The molecule has 8 nitrogen and oxygen atoms in total. The van der Waals surface area contributed by atoms with E-state index in [1.54, 1.807) is 12.1 Å². The predicted molar refractivity (Wildman–Crippen MR) is 134 cm³/mol. The lowest BCUT2D eigenvalue weighted by Gasteiger charge is -2.17. The smallest absolute Gasteiger partial charge is 0.324 e. The molecule has 35 heavy (non-hydrogen) atoms. The van der Waals surface area contributed by atoms with Gasteiger partial charge in [0.1, 0.15) is 11.9 Å². The maximum Gasteiger partial charge on any atom is 0.324 e. The van der Waals surface area contributed by atoms with Gasteiger partial charge in [-0.25, -0.2) is 13.4 Å². The van der Waals surface area contributed by atoms with Crippen LogP contribution in [-0.4, -0.2) is 42.2 Å². The molecule has 0 radical (unpaired) electrons. The molecule has 1 heterocycles. The van der Waals surface area contributed by atoms with Crippen molar-refractivity contribution in [3.63, 3.8) is 0 Å². The van der Waals surface area contributed by atoms with Crippen LogP contribution >= 0.6 is 11.6 Å². The first kappa shape index (κ1) is 26.9. The largest absolute Gasteiger partial charge is 0.468 e. The molecule has 0 aliphatic heterocycles. The Labute approximate surface area is 211 Å². The number of nitrogens with zero attached hydrogens (tertiary/aromatic N) is 2. The molecule has 3 rings (SSSR count). The second-order valence-electron chi connectivity index (χ2n) is 8.14. The van der Waals surface area contributed by atoms with Crippen molar-refractivity contribution in [3.05, 3.63) is 82.4 Å². The molecule has 188 valence electrons. The van der Waals surface area contributed by atoms with Gasteiger partial charge in [-0.2, -0.15) is 4.72 Å². The second-order valence-corrected chi connectivity index (χ2v) is 10.2. The summed E-state index contributed by atoms with van der Waals surface area (Å²) < 4.78 is 35.2. The summed E-state index contributed by atoms with van der Waals surface area (Å²) >= 11 is 6.21. The number of aliphatic hydroxyl groups is 1. The summed E-state index contributed by atoms with van der Waals surface area (Å²) in [7, 11) is -2.76. The van der Waals surface area contributed by atoms with Crippen LogP contribution in [0.5, 0.6) is 0 Å². The third-order valence-electron chi connectivity index (χ3n) is 5.65. The van der Waals surface area contributed by atoms with E-state index in [0.717, 1.165) is 36.2 Å². The first-order valence-electron chi connectivity index (χ1n) is 11.4. The highest BCUT2D eigenvalue weighted by Crippen LogP contribution is 2.22. The number of aryl methyl sites for hydroxylation is 1. The van der Waals surface area contributed by atoms with E-state index >= 15 is 0 Å². The van der Waals surface area contributed by atoms with Gasteiger partial charge in [-0.05, 0) is 36.1 Å². The van der Waals surface area contributed by atoms with Gasteiger partial charge < -0.3 is 14.4 Å². The summed E-state index contributed by atoms with van der Waals surface area (Å²) in [6, 6.07) is 14.4. The van der Waals surface area contributed by atoms with E-state index in [4.69, 9.17) is 16.3 Å². The fraction of sp³-hybridized carbons (Fsp3) is 0.360. The van der Waals surface area contributed by atoms with Gasteiger partial charge in [-0.15, -0.1) is 0 Å². The number of aromatic nitrogens is 2. The van der Waals surface area contributed by atoms with Crippen molar-refractivity contribution in [2.45, 2.75) is 56.7 Å². The number of esters is 1. The van der Waals surface area contributed by atoms with Crippen LogP contribution in [0.3, 0.4) is 0 Å². The molecule has 10 heteroatoms. The third kappa shape index (κ3) is 6.91. The summed E-state index contributed by atoms with van der Waals surface area (Å²) in [6.07, 6.45) is 2.82. The Morgan fingerprint density at radius 3 is 2.43 bits per heavy atom. The number of ether oxygens (including phenoxy) is 1. The van der Waals surface area contributed by atoms with E-state index in [1.165, 1.54) is 19.2 Å². The number of carbonyl (C=O) groups excluding carboxylic acids is 1. The van der Waals surface area contributed by atoms with Crippen molar-refractivity contribution in [1.82, 2.24) is 14.3 Å². The molecular weight excluding hydrogens is 490 g/mol. The normalized spacial score (nSPS) is 12.5. The quantitative estimate of drug-likeness (QED) is 0.354. The Kier molecular flexibility index (Phi) is 9.45. The number of hydrogen-bond donors (Lipinski definition) is 2. The molecule has 3 aromatic rings. The highest BCUT2D eigenvalue weighted by Gasteiger charge is 2.27. The summed E-state index contributed by atoms with van der Waals surface area (Å²) in [5, 5.41) is 10.0. The number of carbonyl (C=O) groups is 1. The van der Waals surface area contributed by atoms with Gasteiger partial charge in [0.2, 0.25) is 10.0 Å². The number of methoxy groups -OCH3 is 1. The summed E-state index contributed by atoms with van der Waals surface area (Å²) in [6.45, 7) is 2.23. The molecule has 0 amide bonds. The van der Waals surface area contributed by atoms with Gasteiger partial charge in [0.05, 0.1) is 24.3 Å². The molecule has 0 saturated carbocycles. The fourth-order valence-corrected chi connectivity index (χ4v) is 5.19. The van der Waals surface area contributed by atoms with E-state index in [0.29, 0.717) is 12.2 Å². The van der Waals surface area contributed by atoms with Crippen molar-refractivity contribution in [1.29, 1.82) is 0 Å². The Morgan fingerprint density at radius 2 is 1.83 bits per heavy atom. The zero-order chi connectivity index (χ0) is 25.4. The maximum atomic E-state index is 13.0. The molecule has 1 atom stereocenters. The Bertz CT molecular complexity index is 1230. The minimum absolute atomic E-state index is 0.0282. The SMILES string of the molecule is CCCCc1nc(Cl)c(CO)n1Cc1ccc(S(=O)(=O)N[C@H](Cc2ccccc2)C(=O)OC)cc1. The van der Waals surface area contributed by atoms with E-state index in [9.17, 15) is 18.3 Å². The van der Waals surface area contributed by atoms with E-state index in [2.05, 4.69) is 16.6 Å². The molecule has 0 bridgehead atoms. The number of rotatable bonds is 12.